The van der Waals surface area contributed by atoms with Crippen molar-refractivity contribution in [2.75, 3.05) is 31.6 Å². The maximum atomic E-state index is 14.3. The van der Waals surface area contributed by atoms with Crippen molar-refractivity contribution in [1.29, 1.82) is 0 Å². The van der Waals surface area contributed by atoms with Gasteiger partial charge in [0, 0.05) is 18.8 Å². The summed E-state index contributed by atoms with van der Waals surface area (Å²) in [5.41, 5.74) is 0.841. The largest absolute Gasteiger partial charge is 0.379 e. The van der Waals surface area contributed by atoms with Gasteiger partial charge in [0.1, 0.15) is 15.6 Å². The number of hydrogen-bond donors (Lipinski definition) is 1. The summed E-state index contributed by atoms with van der Waals surface area (Å²) >= 11 is 1.32. The van der Waals surface area contributed by atoms with Gasteiger partial charge >= 0.3 is 0 Å². The van der Waals surface area contributed by atoms with Crippen LogP contribution in [0.2, 0.25) is 0 Å². The number of benzene rings is 1. The molecule has 0 spiro atoms. The minimum absolute atomic E-state index is 0.166. The number of nitrogens with zero attached hydrogens (tertiary/aromatic N) is 2. The number of thiazole rings is 1. The summed E-state index contributed by atoms with van der Waals surface area (Å²) in [6, 6.07) is 3.56. The van der Waals surface area contributed by atoms with Crippen molar-refractivity contribution in [3.8, 4) is 0 Å². The molecule has 1 aliphatic rings. The fraction of sp³-hybridized carbons (Fsp3) is 0.474. The number of aryl methyl sites for hydroxylation is 2. The second kappa shape index (κ2) is 9.29. The smallest absolute Gasteiger partial charge is 0.267 e. The molecule has 0 atom stereocenters. The number of unbranched alkanes of at least 4 members (excludes halogenated alkanes) is 1. The Balaban J connectivity index is 1.81. The Morgan fingerprint density at radius 2 is 2.07 bits per heavy atom. The van der Waals surface area contributed by atoms with Gasteiger partial charge in [-0.3, -0.25) is 4.79 Å². The number of morpholine rings is 1. The lowest BCUT2D eigenvalue weighted by Crippen LogP contribution is -2.40. The van der Waals surface area contributed by atoms with E-state index < -0.39 is 20.7 Å². The summed E-state index contributed by atoms with van der Waals surface area (Å²) in [6.07, 6.45) is 2.85. The first kappa shape index (κ1) is 21.8. The second-order valence-electron chi connectivity index (χ2n) is 6.74. The van der Waals surface area contributed by atoms with Crippen LogP contribution in [0, 0.1) is 12.7 Å². The first-order valence-corrected chi connectivity index (χ1v) is 11.7. The number of ether oxygens (including phenoxy) is 1. The van der Waals surface area contributed by atoms with E-state index >= 15 is 0 Å². The lowest BCUT2D eigenvalue weighted by atomic mass is 10.2. The molecule has 0 bridgehead atoms. The predicted octanol–water partition coefficient (Wildman–Crippen LogP) is 3.21. The fourth-order valence-corrected chi connectivity index (χ4v) is 5.49. The van der Waals surface area contributed by atoms with E-state index in [1.807, 2.05) is 0 Å². The highest BCUT2D eigenvalue weighted by molar-refractivity contribution is 7.89. The van der Waals surface area contributed by atoms with Gasteiger partial charge in [-0.25, -0.2) is 17.8 Å². The molecule has 3 rings (SSSR count). The van der Waals surface area contributed by atoms with Crippen molar-refractivity contribution in [2.45, 2.75) is 38.0 Å². The topological polar surface area (TPSA) is 88.6 Å². The van der Waals surface area contributed by atoms with E-state index in [4.69, 9.17) is 4.74 Å². The van der Waals surface area contributed by atoms with Crippen molar-refractivity contribution >= 4 is 33.0 Å². The van der Waals surface area contributed by atoms with Crippen LogP contribution in [0.4, 0.5) is 10.1 Å². The Morgan fingerprint density at radius 1 is 1.34 bits per heavy atom. The van der Waals surface area contributed by atoms with Gasteiger partial charge in [0.2, 0.25) is 10.0 Å². The number of amides is 1. The third kappa shape index (κ3) is 5.00. The average molecular weight is 442 g/mol. The van der Waals surface area contributed by atoms with Crippen LogP contribution < -0.4 is 5.32 Å². The summed E-state index contributed by atoms with van der Waals surface area (Å²) < 4.78 is 46.2. The number of halogens is 1. The van der Waals surface area contributed by atoms with E-state index in [0.29, 0.717) is 10.6 Å². The van der Waals surface area contributed by atoms with Crippen molar-refractivity contribution in [1.82, 2.24) is 9.29 Å². The van der Waals surface area contributed by atoms with Gasteiger partial charge in [-0.15, -0.1) is 11.3 Å². The number of hydrogen-bond acceptors (Lipinski definition) is 6. The van der Waals surface area contributed by atoms with E-state index in [1.165, 1.54) is 21.7 Å². The molecular weight excluding hydrogens is 417 g/mol. The van der Waals surface area contributed by atoms with Crippen molar-refractivity contribution in [2.24, 2.45) is 0 Å². The van der Waals surface area contributed by atoms with E-state index in [-0.39, 0.29) is 37.9 Å². The molecule has 2 aromatic rings. The molecule has 29 heavy (non-hydrogen) atoms. The number of sulfonamides is 1. The summed E-state index contributed by atoms with van der Waals surface area (Å²) in [5.74, 6) is -1.24. The highest BCUT2D eigenvalue weighted by atomic mass is 32.2. The molecule has 0 aliphatic carbocycles. The van der Waals surface area contributed by atoms with Gasteiger partial charge in [-0.1, -0.05) is 13.3 Å². The van der Waals surface area contributed by atoms with E-state index in [2.05, 4.69) is 17.2 Å². The summed E-state index contributed by atoms with van der Waals surface area (Å²) in [5, 5.41) is 3.56. The third-order valence-electron chi connectivity index (χ3n) is 4.57. The van der Waals surface area contributed by atoms with E-state index in [0.717, 1.165) is 36.4 Å². The Bertz CT molecular complexity index is 985. The lowest BCUT2D eigenvalue weighted by Gasteiger charge is -2.26. The molecule has 7 nitrogen and oxygen atoms in total. The van der Waals surface area contributed by atoms with Gasteiger partial charge in [0.15, 0.2) is 0 Å². The normalized spacial score (nSPS) is 15.4. The first-order chi connectivity index (χ1) is 13.8. The molecule has 1 saturated heterocycles. The fourth-order valence-electron chi connectivity index (χ4n) is 2.99. The van der Waals surface area contributed by atoms with Crippen molar-refractivity contribution in [3.63, 3.8) is 0 Å². The molecule has 1 aliphatic heterocycles. The maximum Gasteiger partial charge on any atom is 0.267 e. The monoisotopic (exact) mass is 441 g/mol. The second-order valence-corrected chi connectivity index (χ2v) is 9.73. The maximum absolute atomic E-state index is 14.3. The molecule has 1 aromatic carbocycles. The Hall–Kier alpha value is -1.88. The standard InChI is InChI=1S/C19H24FN3O4S2/c1-3-4-5-17-21-13(2)18(28-17)19(24)22-14-6-7-15(20)16(12-14)29(25,26)23-8-10-27-11-9-23/h6-7,12H,3-5,8-11H2,1-2H3,(H,22,24). The molecule has 0 saturated carbocycles. The number of rotatable bonds is 7. The number of carbonyl (C=O) groups is 1. The lowest BCUT2D eigenvalue weighted by molar-refractivity contribution is 0.0729. The molecule has 0 unspecified atom stereocenters. The number of nitrogens with one attached hydrogen (secondary N) is 1. The zero-order valence-corrected chi connectivity index (χ0v) is 18.0. The molecular formula is C19H24FN3O4S2. The minimum atomic E-state index is -4.01. The van der Waals surface area contributed by atoms with E-state index in [9.17, 15) is 17.6 Å². The van der Waals surface area contributed by atoms with Gasteiger partial charge in [0.05, 0.1) is 23.9 Å². The SMILES string of the molecule is CCCCc1nc(C)c(C(=O)Nc2ccc(F)c(S(=O)(=O)N3CCOCC3)c2)s1. The van der Waals surface area contributed by atoms with Crippen LogP contribution in [0.3, 0.4) is 0 Å². The Morgan fingerprint density at radius 3 is 2.76 bits per heavy atom. The molecule has 1 aromatic heterocycles. The van der Waals surface area contributed by atoms with Crippen LogP contribution in [-0.4, -0.2) is 49.9 Å². The van der Waals surface area contributed by atoms with Gasteiger partial charge in [-0.2, -0.15) is 4.31 Å². The molecule has 1 N–H and O–H groups in total. The summed E-state index contributed by atoms with van der Waals surface area (Å²) in [7, 11) is -4.01. The van der Waals surface area contributed by atoms with Crippen LogP contribution in [0.25, 0.3) is 0 Å². The van der Waals surface area contributed by atoms with Gasteiger partial charge in [0.25, 0.3) is 5.91 Å². The Kier molecular flexibility index (Phi) is 6.99. The zero-order valence-electron chi connectivity index (χ0n) is 16.4. The van der Waals surface area contributed by atoms with Crippen LogP contribution in [-0.2, 0) is 21.2 Å². The van der Waals surface area contributed by atoms with Crippen LogP contribution in [0.1, 0.15) is 40.1 Å². The average Bonchev–Trinajstić information content (AvgIpc) is 3.09. The first-order valence-electron chi connectivity index (χ1n) is 9.48. The minimum Gasteiger partial charge on any atom is -0.379 e. The van der Waals surface area contributed by atoms with Crippen LogP contribution in [0.5, 0.6) is 0 Å². The quantitative estimate of drug-likeness (QED) is 0.713. The van der Waals surface area contributed by atoms with Gasteiger partial charge in [-0.05, 0) is 38.0 Å². The summed E-state index contributed by atoms with van der Waals surface area (Å²) in [6.45, 7) is 4.72. The summed E-state index contributed by atoms with van der Waals surface area (Å²) in [4.78, 5) is 17.1. The zero-order chi connectivity index (χ0) is 21.0. The molecule has 1 amide bonds. The number of aromatic nitrogens is 1. The van der Waals surface area contributed by atoms with Crippen molar-refractivity contribution in [3.05, 3.63) is 39.6 Å². The number of anilines is 1. The predicted molar refractivity (Wildman–Crippen MR) is 109 cm³/mol. The molecule has 10 heteroatoms. The van der Waals surface area contributed by atoms with Crippen molar-refractivity contribution < 1.29 is 22.3 Å². The van der Waals surface area contributed by atoms with Gasteiger partial charge < -0.3 is 10.1 Å². The number of carbonyl (C=O) groups excluding carboxylic acids is 1. The molecule has 0 radical (unpaired) electrons. The molecule has 1 fully saturated rings. The van der Waals surface area contributed by atoms with Crippen LogP contribution >= 0.6 is 11.3 Å². The highest BCUT2D eigenvalue weighted by Crippen LogP contribution is 2.26. The van der Waals surface area contributed by atoms with Crippen LogP contribution in [0.15, 0.2) is 23.1 Å². The molecule has 158 valence electrons. The molecule has 2 heterocycles. The van der Waals surface area contributed by atoms with E-state index in [1.54, 1.807) is 6.92 Å². The Labute approximate surface area is 174 Å². The third-order valence-corrected chi connectivity index (χ3v) is 7.70. The highest BCUT2D eigenvalue weighted by Gasteiger charge is 2.29.